The van der Waals surface area contributed by atoms with Crippen molar-refractivity contribution in [3.05, 3.63) is 60.2 Å². The van der Waals surface area contributed by atoms with Gasteiger partial charge in [-0.3, -0.25) is 4.79 Å². The number of rotatable bonds is 5. The van der Waals surface area contributed by atoms with Crippen LogP contribution in [0, 0.1) is 0 Å². The van der Waals surface area contributed by atoms with Crippen LogP contribution in [0.25, 0.3) is 0 Å². The Balaban J connectivity index is 1.44. The number of carbonyl (C=O) groups is 1. The quantitative estimate of drug-likeness (QED) is 0.746. The molecular weight excluding hydrogens is 302 g/mol. The minimum absolute atomic E-state index is 0.0878. The third-order valence-corrected chi connectivity index (χ3v) is 4.44. The fourth-order valence-corrected chi connectivity index (χ4v) is 3.06. The lowest BCUT2D eigenvalue weighted by atomic mass is 10.2. The number of para-hydroxylation sites is 2. The molecule has 126 valence electrons. The lowest BCUT2D eigenvalue weighted by molar-refractivity contribution is -0.892. The summed E-state index contributed by atoms with van der Waals surface area (Å²) in [5.74, 6) is 0.409. The summed E-state index contributed by atoms with van der Waals surface area (Å²) < 4.78 is 0. The highest BCUT2D eigenvalue weighted by molar-refractivity contribution is 5.76. The molecule has 1 aliphatic heterocycles. The molecule has 5 nitrogen and oxygen atoms in total. The number of benzene rings is 2. The second-order valence-corrected chi connectivity index (χ2v) is 6.16. The van der Waals surface area contributed by atoms with Gasteiger partial charge < -0.3 is 20.2 Å². The van der Waals surface area contributed by atoms with E-state index in [2.05, 4.69) is 10.2 Å². The molecule has 0 aliphatic carbocycles. The molecule has 0 saturated carbocycles. The number of phenolic OH excluding ortho intramolecular Hbond substituents is 1. The van der Waals surface area contributed by atoms with E-state index in [4.69, 9.17) is 0 Å². The lowest BCUT2D eigenvalue weighted by Gasteiger charge is -2.33. The van der Waals surface area contributed by atoms with Crippen molar-refractivity contribution in [2.75, 3.05) is 37.6 Å². The number of carbonyl (C=O) groups excluding carboxylic acids is 1. The van der Waals surface area contributed by atoms with E-state index < -0.39 is 0 Å². The number of piperazine rings is 1. The van der Waals surface area contributed by atoms with Gasteiger partial charge in [-0.05, 0) is 17.7 Å². The maximum Gasteiger partial charge on any atom is 0.275 e. The van der Waals surface area contributed by atoms with Gasteiger partial charge in [0.25, 0.3) is 5.91 Å². The highest BCUT2D eigenvalue weighted by Crippen LogP contribution is 2.25. The monoisotopic (exact) mass is 326 g/mol. The topological polar surface area (TPSA) is 57.0 Å². The molecule has 0 unspecified atom stereocenters. The third-order valence-electron chi connectivity index (χ3n) is 4.44. The van der Waals surface area contributed by atoms with Gasteiger partial charge in [-0.25, -0.2) is 0 Å². The van der Waals surface area contributed by atoms with Crippen molar-refractivity contribution in [1.82, 2.24) is 5.32 Å². The molecule has 1 fully saturated rings. The van der Waals surface area contributed by atoms with E-state index in [1.54, 1.807) is 6.07 Å². The molecule has 3 rings (SSSR count). The molecule has 0 spiro atoms. The Hall–Kier alpha value is -2.53. The Labute approximate surface area is 142 Å². The molecule has 1 heterocycles. The predicted molar refractivity (Wildman–Crippen MR) is 94.2 cm³/mol. The zero-order valence-electron chi connectivity index (χ0n) is 13.7. The van der Waals surface area contributed by atoms with E-state index in [0.29, 0.717) is 18.8 Å². The largest absolute Gasteiger partial charge is 0.506 e. The average molecular weight is 326 g/mol. The van der Waals surface area contributed by atoms with Gasteiger partial charge in [-0.15, -0.1) is 0 Å². The van der Waals surface area contributed by atoms with Gasteiger partial charge in [0.1, 0.15) is 5.75 Å². The van der Waals surface area contributed by atoms with Crippen LogP contribution in [-0.4, -0.2) is 43.7 Å². The van der Waals surface area contributed by atoms with Crippen molar-refractivity contribution in [2.45, 2.75) is 6.54 Å². The fraction of sp³-hybridized carbons (Fsp3) is 0.316. The first-order valence-corrected chi connectivity index (χ1v) is 8.39. The lowest BCUT2D eigenvalue weighted by Crippen LogP contribution is -3.15. The summed E-state index contributed by atoms with van der Waals surface area (Å²) in [4.78, 5) is 15.6. The number of anilines is 1. The van der Waals surface area contributed by atoms with E-state index in [9.17, 15) is 9.90 Å². The van der Waals surface area contributed by atoms with Gasteiger partial charge in [-0.2, -0.15) is 0 Å². The minimum atomic E-state index is 0.0878. The van der Waals surface area contributed by atoms with Gasteiger partial charge in [0.2, 0.25) is 0 Å². The molecular formula is C19H24N3O2+. The summed E-state index contributed by atoms with van der Waals surface area (Å²) in [6.45, 7) is 4.57. The molecule has 2 aromatic carbocycles. The molecule has 1 saturated heterocycles. The molecule has 0 bridgehead atoms. The Morgan fingerprint density at radius 3 is 2.42 bits per heavy atom. The standard InChI is InChI=1S/C19H23N3O2/c23-18-9-5-4-8-17(18)22-12-10-21(11-13-22)15-19(24)20-14-16-6-2-1-3-7-16/h1-9,23H,10-15H2,(H,20,24)/p+1. The first-order chi connectivity index (χ1) is 11.7. The SMILES string of the molecule is O=C(C[NH+]1CCN(c2ccccc2O)CC1)NCc1ccccc1. The van der Waals surface area contributed by atoms with Crippen LogP contribution in [0.2, 0.25) is 0 Å². The minimum Gasteiger partial charge on any atom is -0.506 e. The van der Waals surface area contributed by atoms with Gasteiger partial charge in [0.15, 0.2) is 6.54 Å². The summed E-state index contributed by atoms with van der Waals surface area (Å²) in [7, 11) is 0. The summed E-state index contributed by atoms with van der Waals surface area (Å²) in [6.07, 6.45) is 0. The van der Waals surface area contributed by atoms with Crippen molar-refractivity contribution in [1.29, 1.82) is 0 Å². The second-order valence-electron chi connectivity index (χ2n) is 6.16. The van der Waals surface area contributed by atoms with Crippen molar-refractivity contribution in [2.24, 2.45) is 0 Å². The maximum atomic E-state index is 12.1. The molecule has 5 heteroatoms. The number of hydrogen-bond donors (Lipinski definition) is 3. The van der Waals surface area contributed by atoms with Gasteiger partial charge >= 0.3 is 0 Å². The molecule has 0 aromatic heterocycles. The van der Waals surface area contributed by atoms with E-state index in [-0.39, 0.29) is 5.91 Å². The van der Waals surface area contributed by atoms with Crippen molar-refractivity contribution in [3.8, 4) is 5.75 Å². The van der Waals surface area contributed by atoms with Crippen LogP contribution < -0.4 is 15.1 Å². The number of phenols is 1. The Kier molecular flexibility index (Phi) is 5.33. The molecule has 2 aromatic rings. The van der Waals surface area contributed by atoms with Crippen LogP contribution >= 0.6 is 0 Å². The summed E-state index contributed by atoms with van der Waals surface area (Å²) in [6, 6.07) is 17.4. The van der Waals surface area contributed by atoms with Crippen LogP contribution in [0.3, 0.4) is 0 Å². The number of quaternary nitrogens is 1. The number of nitrogens with zero attached hydrogens (tertiary/aromatic N) is 1. The van der Waals surface area contributed by atoms with Gasteiger partial charge in [-0.1, -0.05) is 42.5 Å². The summed E-state index contributed by atoms with van der Waals surface area (Å²) >= 11 is 0. The normalized spacial score (nSPS) is 15.2. The van der Waals surface area contributed by atoms with Crippen LogP contribution in [0.1, 0.15) is 5.56 Å². The Morgan fingerprint density at radius 2 is 1.71 bits per heavy atom. The number of nitrogens with one attached hydrogen (secondary N) is 2. The highest BCUT2D eigenvalue weighted by Gasteiger charge is 2.23. The van der Waals surface area contributed by atoms with E-state index in [0.717, 1.165) is 37.4 Å². The van der Waals surface area contributed by atoms with E-state index in [1.807, 2.05) is 48.5 Å². The predicted octanol–water partition coefficient (Wildman–Crippen LogP) is 0.414. The van der Waals surface area contributed by atoms with Gasteiger partial charge in [0.05, 0.1) is 31.9 Å². The average Bonchev–Trinajstić information content (AvgIpc) is 2.62. The van der Waals surface area contributed by atoms with Gasteiger partial charge in [0, 0.05) is 6.54 Å². The molecule has 24 heavy (non-hydrogen) atoms. The van der Waals surface area contributed by atoms with Crippen LogP contribution in [0.5, 0.6) is 5.75 Å². The molecule has 3 N–H and O–H groups in total. The zero-order chi connectivity index (χ0) is 16.8. The van der Waals surface area contributed by atoms with Crippen molar-refractivity contribution >= 4 is 11.6 Å². The molecule has 0 radical (unpaired) electrons. The first-order valence-electron chi connectivity index (χ1n) is 8.39. The first kappa shape index (κ1) is 16.3. The number of aromatic hydroxyl groups is 1. The zero-order valence-corrected chi connectivity index (χ0v) is 13.7. The second kappa shape index (κ2) is 7.84. The highest BCUT2D eigenvalue weighted by atomic mass is 16.3. The maximum absolute atomic E-state index is 12.1. The summed E-state index contributed by atoms with van der Waals surface area (Å²) in [5, 5.41) is 12.9. The summed E-state index contributed by atoms with van der Waals surface area (Å²) in [5.41, 5.74) is 2.00. The van der Waals surface area contributed by atoms with Crippen LogP contribution in [-0.2, 0) is 11.3 Å². The Morgan fingerprint density at radius 1 is 1.04 bits per heavy atom. The van der Waals surface area contributed by atoms with Crippen molar-refractivity contribution in [3.63, 3.8) is 0 Å². The smallest absolute Gasteiger partial charge is 0.275 e. The third kappa shape index (κ3) is 4.26. The number of hydrogen-bond acceptors (Lipinski definition) is 3. The van der Waals surface area contributed by atoms with Crippen molar-refractivity contribution < 1.29 is 14.8 Å². The molecule has 0 atom stereocenters. The van der Waals surface area contributed by atoms with E-state index in [1.165, 1.54) is 4.90 Å². The van der Waals surface area contributed by atoms with Crippen LogP contribution in [0.4, 0.5) is 5.69 Å². The fourth-order valence-electron chi connectivity index (χ4n) is 3.06. The van der Waals surface area contributed by atoms with Crippen LogP contribution in [0.15, 0.2) is 54.6 Å². The van der Waals surface area contributed by atoms with E-state index >= 15 is 0 Å². The molecule has 1 aliphatic rings. The molecule has 1 amide bonds. The number of amides is 1. The Bertz CT molecular complexity index is 667.